The summed E-state index contributed by atoms with van der Waals surface area (Å²) in [6.45, 7) is 3.79. The van der Waals surface area contributed by atoms with Crippen molar-refractivity contribution in [1.29, 1.82) is 0 Å². The molecule has 1 saturated carbocycles. The minimum absolute atomic E-state index is 0.157. The first kappa shape index (κ1) is 16.4. The lowest BCUT2D eigenvalue weighted by molar-refractivity contribution is 0.0626. The van der Waals surface area contributed by atoms with Crippen molar-refractivity contribution in [2.24, 2.45) is 0 Å². The van der Waals surface area contributed by atoms with Gasteiger partial charge in [-0.15, -0.1) is 0 Å². The van der Waals surface area contributed by atoms with E-state index >= 15 is 0 Å². The van der Waals surface area contributed by atoms with Crippen LogP contribution in [0.3, 0.4) is 0 Å². The lowest BCUT2D eigenvalue weighted by Gasteiger charge is -2.14. The maximum absolute atomic E-state index is 13.2. The number of hydrogen-bond acceptors (Lipinski definition) is 3. The molecular weight excluding hydrogens is 293 g/mol. The molecule has 0 bridgehead atoms. The monoisotopic (exact) mass is 315 g/mol. The maximum atomic E-state index is 13.2. The van der Waals surface area contributed by atoms with E-state index in [1.54, 1.807) is 13.8 Å². The molecule has 0 saturated heterocycles. The number of halogens is 1. The first-order valence-electron chi connectivity index (χ1n) is 7.28. The highest BCUT2D eigenvalue weighted by atomic mass is 32.2. The average Bonchev–Trinajstić information content (AvgIpc) is 2.86. The van der Waals surface area contributed by atoms with Gasteiger partial charge in [0.05, 0.1) is 17.6 Å². The zero-order valence-electron chi connectivity index (χ0n) is 12.5. The van der Waals surface area contributed by atoms with Gasteiger partial charge >= 0.3 is 0 Å². The summed E-state index contributed by atoms with van der Waals surface area (Å²) in [5.74, 6) is -0.423. The summed E-state index contributed by atoms with van der Waals surface area (Å²) in [6.07, 6.45) is 4.75. The maximum Gasteiger partial charge on any atom is 0.241 e. The van der Waals surface area contributed by atoms with Crippen molar-refractivity contribution >= 4 is 10.0 Å². The van der Waals surface area contributed by atoms with Gasteiger partial charge in [0.15, 0.2) is 0 Å². The second kappa shape index (κ2) is 6.85. The van der Waals surface area contributed by atoms with E-state index in [0.29, 0.717) is 17.7 Å². The molecule has 21 heavy (non-hydrogen) atoms. The fraction of sp³-hybridized carbons (Fsp3) is 0.600. The Kier molecular flexibility index (Phi) is 5.35. The van der Waals surface area contributed by atoms with Crippen molar-refractivity contribution in [3.8, 4) is 0 Å². The van der Waals surface area contributed by atoms with Crippen LogP contribution >= 0.6 is 0 Å². The van der Waals surface area contributed by atoms with Crippen LogP contribution in [0.2, 0.25) is 0 Å². The van der Waals surface area contributed by atoms with Gasteiger partial charge in [0.1, 0.15) is 5.82 Å². The van der Waals surface area contributed by atoms with Gasteiger partial charge in [-0.05, 0) is 49.9 Å². The van der Waals surface area contributed by atoms with Crippen LogP contribution in [0.25, 0.3) is 0 Å². The highest BCUT2D eigenvalue weighted by Crippen LogP contribution is 2.22. The molecule has 0 radical (unpaired) electrons. The fourth-order valence-electron chi connectivity index (χ4n) is 2.85. The molecule has 2 rings (SSSR count). The van der Waals surface area contributed by atoms with Gasteiger partial charge in [0.25, 0.3) is 0 Å². The molecule has 1 fully saturated rings. The Hall–Kier alpha value is -0.980. The molecule has 0 unspecified atom stereocenters. The minimum Gasteiger partial charge on any atom is -0.377 e. The zero-order valence-corrected chi connectivity index (χ0v) is 13.3. The standard InChI is InChI=1S/C15H22FNO3S/c1-11-9-13(16)10-12(2)15(11)21(18,19)17-7-8-20-14-5-3-4-6-14/h9-10,14,17H,3-8H2,1-2H3. The van der Waals surface area contributed by atoms with E-state index in [9.17, 15) is 12.8 Å². The van der Waals surface area contributed by atoms with Crippen molar-refractivity contribution in [2.75, 3.05) is 13.2 Å². The molecule has 6 heteroatoms. The summed E-state index contributed by atoms with van der Waals surface area (Å²) in [7, 11) is -3.63. The summed E-state index contributed by atoms with van der Waals surface area (Å²) in [4.78, 5) is 0.157. The number of rotatable bonds is 6. The largest absolute Gasteiger partial charge is 0.377 e. The normalized spacial score (nSPS) is 16.5. The van der Waals surface area contributed by atoms with Crippen LogP contribution in [0.15, 0.2) is 17.0 Å². The first-order chi connectivity index (χ1) is 9.90. The Labute approximate surface area is 125 Å². The topological polar surface area (TPSA) is 55.4 Å². The van der Waals surface area contributed by atoms with Gasteiger partial charge < -0.3 is 4.74 Å². The smallest absolute Gasteiger partial charge is 0.241 e. The van der Waals surface area contributed by atoms with E-state index in [1.165, 1.54) is 25.0 Å². The molecule has 1 aromatic carbocycles. The third kappa shape index (κ3) is 4.25. The fourth-order valence-corrected chi connectivity index (χ4v) is 4.31. The first-order valence-corrected chi connectivity index (χ1v) is 8.76. The molecule has 0 aliphatic heterocycles. The molecule has 4 nitrogen and oxygen atoms in total. The molecule has 0 atom stereocenters. The van der Waals surface area contributed by atoms with E-state index in [-0.39, 0.29) is 17.5 Å². The highest BCUT2D eigenvalue weighted by Gasteiger charge is 2.20. The molecule has 0 amide bonds. The van der Waals surface area contributed by atoms with E-state index < -0.39 is 15.8 Å². The summed E-state index contributed by atoms with van der Waals surface area (Å²) < 4.78 is 46.0. The number of aryl methyl sites for hydroxylation is 2. The number of nitrogens with one attached hydrogen (secondary N) is 1. The van der Waals surface area contributed by atoms with Crippen molar-refractivity contribution in [3.05, 3.63) is 29.1 Å². The van der Waals surface area contributed by atoms with E-state index in [1.807, 2.05) is 0 Å². The molecule has 0 aromatic heterocycles. The van der Waals surface area contributed by atoms with Crippen molar-refractivity contribution in [2.45, 2.75) is 50.5 Å². The number of sulfonamides is 1. The minimum atomic E-state index is -3.63. The third-order valence-corrected chi connectivity index (χ3v) is 5.51. The summed E-state index contributed by atoms with van der Waals surface area (Å²) >= 11 is 0. The molecule has 1 aliphatic rings. The quantitative estimate of drug-likeness (QED) is 0.821. The van der Waals surface area contributed by atoms with Gasteiger partial charge in [0, 0.05) is 6.54 Å². The Balaban J connectivity index is 1.95. The van der Waals surface area contributed by atoms with Gasteiger partial charge in [0.2, 0.25) is 10.0 Å². The van der Waals surface area contributed by atoms with E-state index in [0.717, 1.165) is 12.8 Å². The van der Waals surface area contributed by atoms with Crippen molar-refractivity contribution in [3.63, 3.8) is 0 Å². The average molecular weight is 315 g/mol. The molecule has 1 aromatic rings. The van der Waals surface area contributed by atoms with Gasteiger partial charge in [-0.2, -0.15) is 0 Å². The summed E-state index contributed by atoms with van der Waals surface area (Å²) in [6, 6.07) is 2.47. The van der Waals surface area contributed by atoms with Gasteiger partial charge in [-0.3, -0.25) is 0 Å². The van der Waals surface area contributed by atoms with Crippen molar-refractivity contribution in [1.82, 2.24) is 4.72 Å². The third-order valence-electron chi connectivity index (χ3n) is 3.74. The Morgan fingerprint density at radius 2 is 1.81 bits per heavy atom. The lowest BCUT2D eigenvalue weighted by Crippen LogP contribution is -2.29. The Morgan fingerprint density at radius 1 is 1.24 bits per heavy atom. The van der Waals surface area contributed by atoms with Crippen LogP contribution in [0.5, 0.6) is 0 Å². The van der Waals surface area contributed by atoms with Crippen LogP contribution in [0, 0.1) is 19.7 Å². The molecule has 1 N–H and O–H groups in total. The van der Waals surface area contributed by atoms with E-state index in [2.05, 4.69) is 4.72 Å². The van der Waals surface area contributed by atoms with Gasteiger partial charge in [-0.25, -0.2) is 17.5 Å². The molecule has 0 spiro atoms. The predicted octanol–water partition coefficient (Wildman–Crippen LogP) is 2.68. The van der Waals surface area contributed by atoms with Crippen LogP contribution in [-0.4, -0.2) is 27.7 Å². The summed E-state index contributed by atoms with van der Waals surface area (Å²) in [5, 5.41) is 0. The number of ether oxygens (including phenoxy) is 1. The van der Waals surface area contributed by atoms with Gasteiger partial charge in [-0.1, -0.05) is 12.8 Å². The highest BCUT2D eigenvalue weighted by molar-refractivity contribution is 7.89. The molecule has 1 aliphatic carbocycles. The molecule has 118 valence electrons. The predicted molar refractivity (Wildman–Crippen MR) is 79.3 cm³/mol. The van der Waals surface area contributed by atoms with Crippen molar-refractivity contribution < 1.29 is 17.5 Å². The van der Waals surface area contributed by atoms with Crippen LogP contribution in [0.1, 0.15) is 36.8 Å². The molecule has 0 heterocycles. The lowest BCUT2D eigenvalue weighted by atomic mass is 10.1. The van der Waals surface area contributed by atoms with E-state index in [4.69, 9.17) is 4.74 Å². The second-order valence-corrected chi connectivity index (χ2v) is 7.25. The second-order valence-electron chi connectivity index (χ2n) is 5.54. The van der Waals surface area contributed by atoms with Crippen LogP contribution in [0.4, 0.5) is 4.39 Å². The number of hydrogen-bond donors (Lipinski definition) is 1. The Morgan fingerprint density at radius 3 is 2.38 bits per heavy atom. The SMILES string of the molecule is Cc1cc(F)cc(C)c1S(=O)(=O)NCCOC1CCCC1. The summed E-state index contributed by atoms with van der Waals surface area (Å²) in [5.41, 5.74) is 0.827. The zero-order chi connectivity index (χ0) is 15.5. The molecular formula is C15H22FNO3S. The Bertz CT molecular complexity index is 572. The van der Waals surface area contributed by atoms with Crippen LogP contribution in [-0.2, 0) is 14.8 Å². The van der Waals surface area contributed by atoms with Crippen LogP contribution < -0.4 is 4.72 Å². The number of benzene rings is 1.